The maximum Gasteiger partial charge on any atom is 0.240 e. The molecule has 4 nitrogen and oxygen atoms in total. The number of amides is 1. The van der Waals surface area contributed by atoms with Gasteiger partial charge in [-0.05, 0) is 55.4 Å². The molecule has 1 atom stereocenters. The molecule has 1 fully saturated rings. The molecule has 0 aliphatic heterocycles. The number of nitrogens with two attached hydrogens (primary N) is 2. The van der Waals surface area contributed by atoms with E-state index in [0.29, 0.717) is 0 Å². The Morgan fingerprint density at radius 1 is 1.25 bits per heavy atom. The Bertz CT molecular complexity index is 520. The van der Waals surface area contributed by atoms with Gasteiger partial charge in [0.05, 0.1) is 11.6 Å². The average molecular weight is 273 g/mol. The van der Waals surface area contributed by atoms with Crippen LogP contribution < -0.4 is 16.8 Å². The Balaban J connectivity index is 1.78. The van der Waals surface area contributed by atoms with Gasteiger partial charge in [0.1, 0.15) is 0 Å². The molecule has 0 spiro atoms. The van der Waals surface area contributed by atoms with Crippen LogP contribution in [-0.4, -0.2) is 11.4 Å². The van der Waals surface area contributed by atoms with Gasteiger partial charge in [0.15, 0.2) is 0 Å². The first-order valence-electron chi connectivity index (χ1n) is 7.57. The molecule has 0 aromatic heterocycles. The number of nitrogens with one attached hydrogen (secondary N) is 1. The second-order valence-corrected chi connectivity index (χ2v) is 6.24. The minimum absolute atomic E-state index is 0.0182. The van der Waals surface area contributed by atoms with Crippen LogP contribution in [0.2, 0.25) is 0 Å². The molecule has 20 heavy (non-hydrogen) atoms. The van der Waals surface area contributed by atoms with Crippen molar-refractivity contribution >= 4 is 11.6 Å². The van der Waals surface area contributed by atoms with Crippen LogP contribution in [0.3, 0.4) is 0 Å². The largest absolute Gasteiger partial charge is 0.399 e. The van der Waals surface area contributed by atoms with E-state index in [1.807, 2.05) is 18.2 Å². The molecule has 0 saturated heterocycles. The quantitative estimate of drug-likeness (QED) is 0.721. The van der Waals surface area contributed by atoms with E-state index in [-0.39, 0.29) is 11.9 Å². The first-order valence-corrected chi connectivity index (χ1v) is 7.57. The SMILES string of the molecule is Nc1ccc2c(c1)CCCC2NC(=O)C1(N)CCCC1. The van der Waals surface area contributed by atoms with Crippen LogP contribution in [0.25, 0.3) is 0 Å². The molecule has 1 saturated carbocycles. The van der Waals surface area contributed by atoms with E-state index in [1.54, 1.807) is 0 Å². The Kier molecular flexibility index (Phi) is 3.42. The predicted octanol–water partition coefficient (Wildman–Crippen LogP) is 2.03. The Morgan fingerprint density at radius 3 is 2.75 bits per heavy atom. The van der Waals surface area contributed by atoms with Gasteiger partial charge in [-0.2, -0.15) is 0 Å². The molecule has 1 unspecified atom stereocenters. The fourth-order valence-electron chi connectivity index (χ4n) is 3.52. The summed E-state index contributed by atoms with van der Waals surface area (Å²) in [6.07, 6.45) is 6.84. The molecule has 1 amide bonds. The monoisotopic (exact) mass is 273 g/mol. The minimum Gasteiger partial charge on any atom is -0.399 e. The second-order valence-electron chi connectivity index (χ2n) is 6.24. The number of carbonyl (C=O) groups excluding carboxylic acids is 1. The zero-order chi connectivity index (χ0) is 14.2. The van der Waals surface area contributed by atoms with Crippen molar-refractivity contribution in [1.29, 1.82) is 0 Å². The van der Waals surface area contributed by atoms with E-state index >= 15 is 0 Å². The van der Waals surface area contributed by atoms with Crippen LogP contribution in [0.15, 0.2) is 18.2 Å². The summed E-state index contributed by atoms with van der Waals surface area (Å²) in [6.45, 7) is 0. The zero-order valence-electron chi connectivity index (χ0n) is 11.8. The number of benzene rings is 1. The molecule has 1 aromatic rings. The van der Waals surface area contributed by atoms with Gasteiger partial charge < -0.3 is 16.8 Å². The predicted molar refractivity (Wildman–Crippen MR) is 80.1 cm³/mol. The number of carbonyl (C=O) groups is 1. The van der Waals surface area contributed by atoms with Gasteiger partial charge in [-0.25, -0.2) is 0 Å². The summed E-state index contributed by atoms with van der Waals surface area (Å²) in [5.41, 5.74) is 14.7. The number of hydrogen-bond acceptors (Lipinski definition) is 3. The lowest BCUT2D eigenvalue weighted by Crippen LogP contribution is -2.52. The second kappa shape index (κ2) is 5.09. The summed E-state index contributed by atoms with van der Waals surface area (Å²) >= 11 is 0. The van der Waals surface area contributed by atoms with Crippen LogP contribution in [0.5, 0.6) is 0 Å². The molecular weight excluding hydrogens is 250 g/mol. The number of anilines is 1. The number of rotatable bonds is 2. The fraction of sp³-hybridized carbons (Fsp3) is 0.562. The molecule has 3 rings (SSSR count). The zero-order valence-corrected chi connectivity index (χ0v) is 11.8. The summed E-state index contributed by atoms with van der Waals surface area (Å²) in [7, 11) is 0. The maximum absolute atomic E-state index is 12.5. The van der Waals surface area contributed by atoms with E-state index in [0.717, 1.165) is 50.6 Å². The van der Waals surface area contributed by atoms with Gasteiger partial charge in [0.25, 0.3) is 0 Å². The van der Waals surface area contributed by atoms with Crippen molar-refractivity contribution in [2.45, 2.75) is 56.5 Å². The van der Waals surface area contributed by atoms with Gasteiger partial charge in [0, 0.05) is 5.69 Å². The van der Waals surface area contributed by atoms with Crippen molar-refractivity contribution in [2.24, 2.45) is 5.73 Å². The molecule has 2 aliphatic carbocycles. The van der Waals surface area contributed by atoms with Crippen LogP contribution in [0.1, 0.15) is 55.7 Å². The standard InChI is InChI=1S/C16H23N3O/c17-12-6-7-13-11(10-12)4-3-5-14(13)19-15(20)16(18)8-1-2-9-16/h6-7,10,14H,1-5,8-9,17-18H2,(H,19,20). The van der Waals surface area contributed by atoms with E-state index in [4.69, 9.17) is 11.5 Å². The van der Waals surface area contributed by atoms with Crippen LogP contribution >= 0.6 is 0 Å². The normalized spacial score (nSPS) is 24.1. The molecular formula is C16H23N3O. The van der Waals surface area contributed by atoms with Crippen molar-refractivity contribution in [3.63, 3.8) is 0 Å². The summed E-state index contributed by atoms with van der Waals surface area (Å²) in [4.78, 5) is 12.5. The van der Waals surface area contributed by atoms with Gasteiger partial charge in [0.2, 0.25) is 5.91 Å². The highest BCUT2D eigenvalue weighted by Gasteiger charge is 2.38. The van der Waals surface area contributed by atoms with Crippen LogP contribution in [0, 0.1) is 0 Å². The number of fused-ring (bicyclic) bond motifs is 1. The Morgan fingerprint density at radius 2 is 2.00 bits per heavy atom. The third-order valence-corrected chi connectivity index (χ3v) is 4.73. The third kappa shape index (κ3) is 2.40. The number of hydrogen-bond donors (Lipinski definition) is 3. The molecule has 0 heterocycles. The number of nitrogen functional groups attached to an aromatic ring is 1. The van der Waals surface area contributed by atoms with Crippen molar-refractivity contribution in [2.75, 3.05) is 5.73 Å². The fourth-order valence-corrected chi connectivity index (χ4v) is 3.52. The molecule has 5 N–H and O–H groups in total. The smallest absolute Gasteiger partial charge is 0.240 e. The molecule has 0 bridgehead atoms. The summed E-state index contributed by atoms with van der Waals surface area (Å²) in [5.74, 6) is 0.0182. The molecule has 0 radical (unpaired) electrons. The molecule has 4 heteroatoms. The van der Waals surface area contributed by atoms with E-state index in [2.05, 4.69) is 5.32 Å². The third-order valence-electron chi connectivity index (χ3n) is 4.73. The summed E-state index contributed by atoms with van der Waals surface area (Å²) in [5, 5.41) is 3.17. The van der Waals surface area contributed by atoms with Crippen LogP contribution in [0.4, 0.5) is 5.69 Å². The average Bonchev–Trinajstić information content (AvgIpc) is 2.87. The topological polar surface area (TPSA) is 81.1 Å². The summed E-state index contributed by atoms with van der Waals surface area (Å²) < 4.78 is 0. The van der Waals surface area contributed by atoms with Gasteiger partial charge in [-0.3, -0.25) is 4.79 Å². The van der Waals surface area contributed by atoms with E-state index in [1.165, 1.54) is 11.1 Å². The Labute approximate surface area is 119 Å². The highest BCUT2D eigenvalue weighted by molar-refractivity contribution is 5.86. The lowest BCUT2D eigenvalue weighted by atomic mass is 9.86. The van der Waals surface area contributed by atoms with E-state index < -0.39 is 5.54 Å². The maximum atomic E-state index is 12.5. The van der Waals surface area contributed by atoms with Crippen molar-refractivity contribution in [1.82, 2.24) is 5.32 Å². The highest BCUT2D eigenvalue weighted by atomic mass is 16.2. The van der Waals surface area contributed by atoms with E-state index in [9.17, 15) is 4.79 Å². The van der Waals surface area contributed by atoms with Gasteiger partial charge >= 0.3 is 0 Å². The van der Waals surface area contributed by atoms with Crippen molar-refractivity contribution in [3.8, 4) is 0 Å². The molecule has 2 aliphatic rings. The molecule has 108 valence electrons. The molecule has 1 aromatic carbocycles. The highest BCUT2D eigenvalue weighted by Crippen LogP contribution is 2.33. The number of aryl methyl sites for hydroxylation is 1. The lowest BCUT2D eigenvalue weighted by molar-refractivity contribution is -0.127. The first kappa shape index (κ1) is 13.4. The van der Waals surface area contributed by atoms with Crippen LogP contribution in [-0.2, 0) is 11.2 Å². The minimum atomic E-state index is -0.647. The van der Waals surface area contributed by atoms with Gasteiger partial charge in [-0.15, -0.1) is 0 Å². The lowest BCUT2D eigenvalue weighted by Gasteiger charge is -2.30. The van der Waals surface area contributed by atoms with Crippen molar-refractivity contribution in [3.05, 3.63) is 29.3 Å². The first-order chi connectivity index (χ1) is 9.58. The van der Waals surface area contributed by atoms with Crippen molar-refractivity contribution < 1.29 is 4.79 Å². The van der Waals surface area contributed by atoms with Gasteiger partial charge in [-0.1, -0.05) is 18.9 Å². The Hall–Kier alpha value is -1.55. The summed E-state index contributed by atoms with van der Waals surface area (Å²) in [6, 6.07) is 6.08.